The van der Waals surface area contributed by atoms with Crippen molar-refractivity contribution in [3.63, 3.8) is 0 Å². The lowest BCUT2D eigenvalue weighted by Gasteiger charge is -2.10. The molecule has 1 aliphatic rings. The summed E-state index contributed by atoms with van der Waals surface area (Å²) < 4.78 is 5.34. The van der Waals surface area contributed by atoms with Crippen LogP contribution in [0.15, 0.2) is 36.7 Å². The van der Waals surface area contributed by atoms with E-state index in [-0.39, 0.29) is 0 Å². The Morgan fingerprint density at radius 2 is 2.29 bits per heavy atom. The number of nitrogens with one attached hydrogen (secondary N) is 1. The van der Waals surface area contributed by atoms with Crippen molar-refractivity contribution in [2.45, 2.75) is 19.0 Å². The van der Waals surface area contributed by atoms with Crippen molar-refractivity contribution in [3.05, 3.63) is 42.2 Å². The lowest BCUT2D eigenvalue weighted by Crippen LogP contribution is -2.28. The predicted octanol–water partition coefficient (Wildman–Crippen LogP) is 2.11. The second kappa shape index (κ2) is 4.82. The molecule has 1 aliphatic heterocycles. The molecule has 3 heteroatoms. The fraction of sp³-hybridized carbons (Fsp3) is 0.357. The summed E-state index contributed by atoms with van der Waals surface area (Å²) in [5.41, 5.74) is 1.32. The smallest absolute Gasteiger partial charge is 0.0620 e. The van der Waals surface area contributed by atoms with E-state index in [9.17, 15) is 0 Å². The van der Waals surface area contributed by atoms with E-state index < -0.39 is 0 Å². The molecule has 2 aromatic rings. The normalized spacial score (nSPS) is 19.9. The summed E-state index contributed by atoms with van der Waals surface area (Å²) >= 11 is 0. The van der Waals surface area contributed by atoms with E-state index in [2.05, 4.69) is 34.6 Å². The van der Waals surface area contributed by atoms with Crippen molar-refractivity contribution >= 4 is 10.8 Å². The van der Waals surface area contributed by atoms with Gasteiger partial charge < -0.3 is 10.1 Å². The Kier molecular flexibility index (Phi) is 3.03. The molecule has 0 amide bonds. The predicted molar refractivity (Wildman–Crippen MR) is 67.8 cm³/mol. The molecule has 1 atom stereocenters. The van der Waals surface area contributed by atoms with Crippen molar-refractivity contribution in [1.29, 1.82) is 0 Å². The number of aromatic nitrogens is 1. The number of hydrogen-bond acceptors (Lipinski definition) is 3. The molecule has 88 valence electrons. The molecule has 0 bridgehead atoms. The molecule has 0 radical (unpaired) electrons. The first-order valence-electron chi connectivity index (χ1n) is 6.05. The van der Waals surface area contributed by atoms with Gasteiger partial charge in [-0.15, -0.1) is 0 Å². The van der Waals surface area contributed by atoms with Gasteiger partial charge in [-0.25, -0.2) is 0 Å². The van der Waals surface area contributed by atoms with E-state index in [1.165, 1.54) is 16.3 Å². The highest BCUT2D eigenvalue weighted by molar-refractivity contribution is 5.81. The van der Waals surface area contributed by atoms with Gasteiger partial charge in [-0.2, -0.15) is 0 Å². The molecular formula is C14H16N2O. The third-order valence-corrected chi connectivity index (χ3v) is 3.23. The van der Waals surface area contributed by atoms with Gasteiger partial charge in [-0.1, -0.05) is 12.1 Å². The molecule has 0 saturated carbocycles. The zero-order chi connectivity index (χ0) is 11.5. The van der Waals surface area contributed by atoms with Crippen LogP contribution in [0.2, 0.25) is 0 Å². The zero-order valence-electron chi connectivity index (χ0n) is 9.73. The standard InChI is InChI=1S/C14H16N2O/c1-2-13-9-15-5-3-12(13)7-11(1)8-16-14-4-6-17-10-14/h1-3,5,7,9,14,16H,4,6,8,10H2. The molecule has 3 rings (SSSR count). The number of rotatable bonds is 3. The van der Waals surface area contributed by atoms with E-state index in [1.54, 1.807) is 0 Å². The van der Waals surface area contributed by atoms with Gasteiger partial charge in [0.25, 0.3) is 0 Å². The van der Waals surface area contributed by atoms with E-state index in [0.717, 1.165) is 26.2 Å². The van der Waals surface area contributed by atoms with Crippen LogP contribution >= 0.6 is 0 Å². The minimum atomic E-state index is 0.517. The summed E-state index contributed by atoms with van der Waals surface area (Å²) in [5, 5.41) is 5.97. The highest BCUT2D eigenvalue weighted by Gasteiger charge is 2.14. The van der Waals surface area contributed by atoms with Crippen LogP contribution in [-0.4, -0.2) is 24.2 Å². The molecule has 17 heavy (non-hydrogen) atoms. The fourth-order valence-electron chi connectivity index (χ4n) is 2.20. The fourth-order valence-corrected chi connectivity index (χ4v) is 2.20. The third kappa shape index (κ3) is 2.46. The molecular weight excluding hydrogens is 212 g/mol. The maximum Gasteiger partial charge on any atom is 0.0620 e. The van der Waals surface area contributed by atoms with Crippen LogP contribution in [0.4, 0.5) is 0 Å². The van der Waals surface area contributed by atoms with Gasteiger partial charge in [0.1, 0.15) is 0 Å². The summed E-state index contributed by atoms with van der Waals surface area (Å²) in [6, 6.07) is 9.08. The largest absolute Gasteiger partial charge is 0.380 e. The number of benzene rings is 1. The first-order valence-corrected chi connectivity index (χ1v) is 6.05. The minimum Gasteiger partial charge on any atom is -0.380 e. The van der Waals surface area contributed by atoms with Crippen molar-refractivity contribution in [2.24, 2.45) is 0 Å². The van der Waals surface area contributed by atoms with Crippen molar-refractivity contribution in [2.75, 3.05) is 13.2 Å². The molecule has 1 aromatic carbocycles. The quantitative estimate of drug-likeness (QED) is 0.873. The highest BCUT2D eigenvalue weighted by Crippen LogP contribution is 2.14. The van der Waals surface area contributed by atoms with Crippen LogP contribution in [0.3, 0.4) is 0 Å². The number of pyridine rings is 1. The van der Waals surface area contributed by atoms with E-state index in [0.29, 0.717) is 6.04 Å². The Bertz CT molecular complexity index is 506. The summed E-state index contributed by atoms with van der Waals surface area (Å²) in [6.07, 6.45) is 4.86. The zero-order valence-corrected chi connectivity index (χ0v) is 9.73. The molecule has 1 N–H and O–H groups in total. The first kappa shape index (κ1) is 10.7. The van der Waals surface area contributed by atoms with E-state index in [4.69, 9.17) is 4.74 Å². The maximum absolute atomic E-state index is 5.34. The maximum atomic E-state index is 5.34. The summed E-state index contributed by atoms with van der Waals surface area (Å²) in [6.45, 7) is 2.64. The van der Waals surface area contributed by atoms with Crippen LogP contribution < -0.4 is 5.32 Å². The Hall–Kier alpha value is -1.45. The Morgan fingerprint density at radius 1 is 1.29 bits per heavy atom. The van der Waals surface area contributed by atoms with Crippen LogP contribution in [-0.2, 0) is 11.3 Å². The number of ether oxygens (including phenoxy) is 1. The average molecular weight is 228 g/mol. The molecule has 1 aromatic heterocycles. The molecule has 1 fully saturated rings. The SMILES string of the molecule is c1cc2cc(CNC3CCOC3)ccc2cn1. The van der Waals surface area contributed by atoms with Crippen LogP contribution in [0.25, 0.3) is 10.8 Å². The summed E-state index contributed by atoms with van der Waals surface area (Å²) in [5.74, 6) is 0. The van der Waals surface area contributed by atoms with E-state index >= 15 is 0 Å². The molecule has 3 nitrogen and oxygen atoms in total. The first-order chi connectivity index (χ1) is 8.42. The van der Waals surface area contributed by atoms with Crippen molar-refractivity contribution in [1.82, 2.24) is 10.3 Å². The lowest BCUT2D eigenvalue weighted by atomic mass is 10.1. The van der Waals surface area contributed by atoms with Crippen LogP contribution in [0, 0.1) is 0 Å². The second-order valence-electron chi connectivity index (χ2n) is 4.50. The average Bonchev–Trinajstić information content (AvgIpc) is 2.89. The van der Waals surface area contributed by atoms with Gasteiger partial charge >= 0.3 is 0 Å². The number of hydrogen-bond donors (Lipinski definition) is 1. The van der Waals surface area contributed by atoms with Gasteiger partial charge in [0.15, 0.2) is 0 Å². The molecule has 0 spiro atoms. The van der Waals surface area contributed by atoms with Crippen LogP contribution in [0.5, 0.6) is 0 Å². The molecule has 2 heterocycles. The summed E-state index contributed by atoms with van der Waals surface area (Å²) in [4.78, 5) is 4.12. The Balaban J connectivity index is 1.72. The van der Waals surface area contributed by atoms with Gasteiger partial charge in [-0.3, -0.25) is 4.98 Å². The summed E-state index contributed by atoms with van der Waals surface area (Å²) in [7, 11) is 0. The van der Waals surface area contributed by atoms with Crippen molar-refractivity contribution in [3.8, 4) is 0 Å². The van der Waals surface area contributed by atoms with Crippen molar-refractivity contribution < 1.29 is 4.74 Å². The monoisotopic (exact) mass is 228 g/mol. The Morgan fingerprint density at radius 3 is 3.18 bits per heavy atom. The Labute approximate surface area is 101 Å². The van der Waals surface area contributed by atoms with E-state index in [1.807, 2.05) is 12.4 Å². The molecule has 1 unspecified atom stereocenters. The third-order valence-electron chi connectivity index (χ3n) is 3.23. The number of fused-ring (bicyclic) bond motifs is 1. The van der Waals surface area contributed by atoms with Crippen LogP contribution in [0.1, 0.15) is 12.0 Å². The number of nitrogens with zero attached hydrogens (tertiary/aromatic N) is 1. The lowest BCUT2D eigenvalue weighted by molar-refractivity contribution is 0.190. The van der Waals surface area contributed by atoms with Gasteiger partial charge in [0.05, 0.1) is 6.61 Å². The highest BCUT2D eigenvalue weighted by atomic mass is 16.5. The van der Waals surface area contributed by atoms with Gasteiger partial charge in [0, 0.05) is 37.0 Å². The minimum absolute atomic E-state index is 0.517. The second-order valence-corrected chi connectivity index (χ2v) is 4.50. The van der Waals surface area contributed by atoms with Gasteiger partial charge in [0.2, 0.25) is 0 Å². The topological polar surface area (TPSA) is 34.1 Å². The molecule has 0 aliphatic carbocycles. The molecule has 1 saturated heterocycles. The van der Waals surface area contributed by atoms with Gasteiger partial charge in [-0.05, 0) is 29.5 Å².